The number of aromatic hydroxyl groups is 1. The summed E-state index contributed by atoms with van der Waals surface area (Å²) < 4.78 is 0. The van der Waals surface area contributed by atoms with Crippen molar-refractivity contribution in [3.8, 4) is 16.9 Å². The van der Waals surface area contributed by atoms with Crippen LogP contribution in [-0.4, -0.2) is 5.11 Å². The third-order valence-electron chi connectivity index (χ3n) is 2.32. The minimum absolute atomic E-state index is 0.258. The molecule has 1 N–H and O–H groups in total. The van der Waals surface area contributed by atoms with Crippen LogP contribution in [0.25, 0.3) is 11.1 Å². The van der Waals surface area contributed by atoms with Crippen LogP contribution in [0.2, 0.25) is 5.02 Å². The van der Waals surface area contributed by atoms with E-state index in [0.717, 1.165) is 16.7 Å². The number of aryl methyl sites for hydroxylation is 1. The van der Waals surface area contributed by atoms with E-state index in [4.69, 9.17) is 11.6 Å². The summed E-state index contributed by atoms with van der Waals surface area (Å²) in [7, 11) is 0. The second-order valence-electron chi connectivity index (χ2n) is 3.50. The Morgan fingerprint density at radius 1 is 1.00 bits per heavy atom. The number of hydrogen-bond donors (Lipinski definition) is 1. The van der Waals surface area contributed by atoms with Crippen molar-refractivity contribution in [1.82, 2.24) is 0 Å². The lowest BCUT2D eigenvalue weighted by atomic mass is 10.0. The molecule has 0 radical (unpaired) electrons. The van der Waals surface area contributed by atoms with Gasteiger partial charge in [-0.3, -0.25) is 0 Å². The minimum atomic E-state index is 0.258. The number of phenolic OH excluding ortho intramolecular Hbond substituents is 1. The van der Waals surface area contributed by atoms with Crippen LogP contribution < -0.4 is 0 Å². The van der Waals surface area contributed by atoms with Crippen LogP contribution in [0.3, 0.4) is 0 Å². The second kappa shape index (κ2) is 3.95. The molecule has 2 aromatic rings. The lowest BCUT2D eigenvalue weighted by Crippen LogP contribution is -1.82. The molecular formula is C13H11ClO. The van der Waals surface area contributed by atoms with Gasteiger partial charge in [-0.1, -0.05) is 41.4 Å². The Bertz CT molecular complexity index is 492. The maximum absolute atomic E-state index is 9.75. The van der Waals surface area contributed by atoms with Gasteiger partial charge in [0.1, 0.15) is 5.75 Å². The van der Waals surface area contributed by atoms with E-state index < -0.39 is 0 Å². The van der Waals surface area contributed by atoms with Crippen LogP contribution in [-0.2, 0) is 0 Å². The molecule has 2 rings (SSSR count). The van der Waals surface area contributed by atoms with E-state index in [0.29, 0.717) is 5.02 Å². The van der Waals surface area contributed by atoms with Crippen molar-refractivity contribution >= 4 is 11.6 Å². The van der Waals surface area contributed by atoms with Crippen molar-refractivity contribution in [2.24, 2.45) is 0 Å². The van der Waals surface area contributed by atoms with Gasteiger partial charge in [-0.05, 0) is 25.1 Å². The minimum Gasteiger partial charge on any atom is -0.507 e. The van der Waals surface area contributed by atoms with Crippen LogP contribution in [0.1, 0.15) is 5.56 Å². The van der Waals surface area contributed by atoms with Gasteiger partial charge < -0.3 is 5.11 Å². The maximum atomic E-state index is 9.75. The molecule has 1 nitrogen and oxygen atoms in total. The number of hydrogen-bond acceptors (Lipinski definition) is 1. The van der Waals surface area contributed by atoms with Gasteiger partial charge in [0.05, 0.1) is 0 Å². The first-order chi connectivity index (χ1) is 7.18. The molecular weight excluding hydrogens is 208 g/mol. The van der Waals surface area contributed by atoms with Crippen LogP contribution in [0.15, 0.2) is 42.5 Å². The van der Waals surface area contributed by atoms with E-state index in [-0.39, 0.29) is 5.75 Å². The molecule has 0 spiro atoms. The predicted octanol–water partition coefficient (Wildman–Crippen LogP) is 4.02. The van der Waals surface area contributed by atoms with Gasteiger partial charge in [0.15, 0.2) is 0 Å². The van der Waals surface area contributed by atoms with Crippen LogP contribution in [0.4, 0.5) is 0 Å². The summed E-state index contributed by atoms with van der Waals surface area (Å²) in [6.07, 6.45) is 0. The van der Waals surface area contributed by atoms with Gasteiger partial charge in [-0.15, -0.1) is 0 Å². The molecule has 0 unspecified atom stereocenters. The number of benzene rings is 2. The van der Waals surface area contributed by atoms with Gasteiger partial charge in [-0.25, -0.2) is 0 Å². The van der Waals surface area contributed by atoms with E-state index in [9.17, 15) is 5.11 Å². The van der Waals surface area contributed by atoms with E-state index >= 15 is 0 Å². The summed E-state index contributed by atoms with van der Waals surface area (Å²) in [6.45, 7) is 1.99. The Morgan fingerprint density at radius 3 is 2.47 bits per heavy atom. The fourth-order valence-corrected chi connectivity index (χ4v) is 1.78. The van der Waals surface area contributed by atoms with Gasteiger partial charge in [-0.2, -0.15) is 0 Å². The highest BCUT2D eigenvalue weighted by molar-refractivity contribution is 6.33. The van der Waals surface area contributed by atoms with Gasteiger partial charge in [0, 0.05) is 16.1 Å². The second-order valence-corrected chi connectivity index (χ2v) is 3.91. The smallest absolute Gasteiger partial charge is 0.123 e. The normalized spacial score (nSPS) is 10.3. The highest BCUT2D eigenvalue weighted by Gasteiger charge is 2.07. The average molecular weight is 219 g/mol. The van der Waals surface area contributed by atoms with E-state index in [1.165, 1.54) is 0 Å². The summed E-state index contributed by atoms with van der Waals surface area (Å²) in [5.74, 6) is 0.258. The van der Waals surface area contributed by atoms with Crippen molar-refractivity contribution in [3.63, 3.8) is 0 Å². The molecule has 0 atom stereocenters. The molecule has 0 saturated heterocycles. The van der Waals surface area contributed by atoms with E-state index in [2.05, 4.69) is 0 Å². The Balaban J connectivity index is 2.64. The molecule has 0 amide bonds. The Labute approximate surface area is 94.0 Å². The zero-order valence-corrected chi connectivity index (χ0v) is 9.12. The summed E-state index contributed by atoms with van der Waals surface area (Å²) in [6, 6.07) is 13.0. The molecule has 0 aliphatic rings. The lowest BCUT2D eigenvalue weighted by molar-refractivity contribution is 0.477. The quantitative estimate of drug-likeness (QED) is 0.767. The zero-order chi connectivity index (χ0) is 10.8. The number of halogens is 1. The number of phenols is 1. The fraction of sp³-hybridized carbons (Fsp3) is 0.0769. The monoisotopic (exact) mass is 218 g/mol. The molecule has 0 heterocycles. The molecule has 2 aromatic carbocycles. The average Bonchev–Trinajstić information content (AvgIpc) is 2.23. The molecule has 0 aromatic heterocycles. The Morgan fingerprint density at radius 2 is 1.73 bits per heavy atom. The van der Waals surface area contributed by atoms with Gasteiger partial charge >= 0.3 is 0 Å². The van der Waals surface area contributed by atoms with E-state index in [1.807, 2.05) is 43.3 Å². The lowest BCUT2D eigenvalue weighted by Gasteiger charge is -2.07. The van der Waals surface area contributed by atoms with Crippen molar-refractivity contribution < 1.29 is 5.11 Å². The van der Waals surface area contributed by atoms with Crippen molar-refractivity contribution in [2.45, 2.75) is 6.92 Å². The predicted molar refractivity (Wildman–Crippen MR) is 63.3 cm³/mol. The van der Waals surface area contributed by atoms with Crippen molar-refractivity contribution in [1.29, 1.82) is 0 Å². The standard InChI is InChI=1S/C13H11ClO/c1-9-6-7-13(15)11(8-9)10-4-2-3-5-12(10)14/h2-8,15H,1H3. The largest absolute Gasteiger partial charge is 0.507 e. The molecule has 15 heavy (non-hydrogen) atoms. The van der Waals surface area contributed by atoms with Crippen molar-refractivity contribution in [3.05, 3.63) is 53.1 Å². The Hall–Kier alpha value is -1.47. The zero-order valence-electron chi connectivity index (χ0n) is 8.37. The first-order valence-corrected chi connectivity index (χ1v) is 5.11. The summed E-state index contributed by atoms with van der Waals surface area (Å²) in [5, 5.41) is 10.4. The number of rotatable bonds is 1. The summed E-state index contributed by atoms with van der Waals surface area (Å²) in [5.41, 5.74) is 2.74. The third kappa shape index (κ3) is 1.97. The van der Waals surface area contributed by atoms with Crippen LogP contribution >= 0.6 is 11.6 Å². The summed E-state index contributed by atoms with van der Waals surface area (Å²) in [4.78, 5) is 0. The topological polar surface area (TPSA) is 20.2 Å². The molecule has 0 aliphatic heterocycles. The fourth-order valence-electron chi connectivity index (χ4n) is 1.55. The van der Waals surface area contributed by atoms with E-state index in [1.54, 1.807) is 6.07 Å². The van der Waals surface area contributed by atoms with Gasteiger partial charge in [0.2, 0.25) is 0 Å². The van der Waals surface area contributed by atoms with Crippen LogP contribution in [0, 0.1) is 6.92 Å². The van der Waals surface area contributed by atoms with Gasteiger partial charge in [0.25, 0.3) is 0 Å². The molecule has 0 aliphatic carbocycles. The SMILES string of the molecule is Cc1ccc(O)c(-c2ccccc2Cl)c1. The highest BCUT2D eigenvalue weighted by atomic mass is 35.5. The molecule has 2 heteroatoms. The third-order valence-corrected chi connectivity index (χ3v) is 2.65. The first kappa shape index (κ1) is 10.1. The molecule has 76 valence electrons. The first-order valence-electron chi connectivity index (χ1n) is 4.73. The molecule has 0 bridgehead atoms. The molecule has 0 fully saturated rings. The Kier molecular flexibility index (Phi) is 2.65. The van der Waals surface area contributed by atoms with Crippen LogP contribution in [0.5, 0.6) is 5.75 Å². The maximum Gasteiger partial charge on any atom is 0.123 e. The van der Waals surface area contributed by atoms with Crippen molar-refractivity contribution in [2.75, 3.05) is 0 Å². The highest BCUT2D eigenvalue weighted by Crippen LogP contribution is 2.34. The molecule has 0 saturated carbocycles. The summed E-state index contributed by atoms with van der Waals surface area (Å²) >= 11 is 6.07.